The number of carboxylic acids is 1. The maximum absolute atomic E-state index is 11.8. The molecule has 2 N–H and O–H groups in total. The Kier molecular flexibility index (Phi) is 5.36. The van der Waals surface area contributed by atoms with Gasteiger partial charge in [-0.1, -0.05) is 0 Å². The van der Waals surface area contributed by atoms with Gasteiger partial charge in [0.25, 0.3) is 5.91 Å². The highest BCUT2D eigenvalue weighted by Gasteiger charge is 2.16. The van der Waals surface area contributed by atoms with Crippen LogP contribution in [0.3, 0.4) is 0 Å². The molecule has 1 heterocycles. The number of aryl methyl sites for hydroxylation is 1. The standard InChI is InChI=1S/C11H15BrN2O4/c1-14-6-7(12)3-9(14)11(17)13-5-8(18-2)4-10(15)16/h3,6,8H,4-5H2,1-2H3,(H,13,17)(H,15,16). The summed E-state index contributed by atoms with van der Waals surface area (Å²) < 4.78 is 7.46. The van der Waals surface area contributed by atoms with Gasteiger partial charge in [0, 0.05) is 31.4 Å². The van der Waals surface area contributed by atoms with Gasteiger partial charge in [0.15, 0.2) is 0 Å². The van der Waals surface area contributed by atoms with Crippen LogP contribution in [0.2, 0.25) is 0 Å². The van der Waals surface area contributed by atoms with Crippen molar-refractivity contribution < 1.29 is 19.4 Å². The third kappa shape index (κ3) is 4.15. The van der Waals surface area contributed by atoms with Crippen LogP contribution in [0.1, 0.15) is 16.9 Å². The molecular formula is C11H15BrN2O4. The van der Waals surface area contributed by atoms with Gasteiger partial charge in [-0.3, -0.25) is 9.59 Å². The second kappa shape index (κ2) is 6.55. The first-order valence-electron chi connectivity index (χ1n) is 5.28. The van der Waals surface area contributed by atoms with Gasteiger partial charge in [-0.25, -0.2) is 0 Å². The topological polar surface area (TPSA) is 80.6 Å². The van der Waals surface area contributed by atoms with E-state index in [2.05, 4.69) is 21.2 Å². The maximum Gasteiger partial charge on any atom is 0.306 e. The lowest BCUT2D eigenvalue weighted by Crippen LogP contribution is -2.35. The number of methoxy groups -OCH3 is 1. The van der Waals surface area contributed by atoms with Crippen LogP contribution < -0.4 is 5.32 Å². The van der Waals surface area contributed by atoms with Gasteiger partial charge in [-0.15, -0.1) is 0 Å². The lowest BCUT2D eigenvalue weighted by molar-refractivity contribution is -0.139. The van der Waals surface area contributed by atoms with Crippen molar-refractivity contribution in [3.8, 4) is 0 Å². The fraction of sp³-hybridized carbons (Fsp3) is 0.455. The summed E-state index contributed by atoms with van der Waals surface area (Å²) in [7, 11) is 3.17. The molecule has 18 heavy (non-hydrogen) atoms. The molecule has 6 nitrogen and oxygen atoms in total. The summed E-state index contributed by atoms with van der Waals surface area (Å²) in [6.07, 6.45) is 1.09. The van der Waals surface area contributed by atoms with Gasteiger partial charge in [0.1, 0.15) is 5.69 Å². The van der Waals surface area contributed by atoms with Crippen molar-refractivity contribution in [3.05, 3.63) is 22.4 Å². The van der Waals surface area contributed by atoms with E-state index in [1.165, 1.54) is 7.11 Å². The molecular weight excluding hydrogens is 304 g/mol. The van der Waals surface area contributed by atoms with Crippen molar-refractivity contribution in [1.29, 1.82) is 0 Å². The van der Waals surface area contributed by atoms with Crippen molar-refractivity contribution in [2.24, 2.45) is 7.05 Å². The third-order valence-electron chi connectivity index (χ3n) is 2.43. The Labute approximate surface area is 113 Å². The predicted molar refractivity (Wildman–Crippen MR) is 68.5 cm³/mol. The van der Waals surface area contributed by atoms with E-state index in [1.54, 1.807) is 23.9 Å². The van der Waals surface area contributed by atoms with E-state index in [-0.39, 0.29) is 18.9 Å². The van der Waals surface area contributed by atoms with Crippen molar-refractivity contribution in [1.82, 2.24) is 9.88 Å². The fourth-order valence-corrected chi connectivity index (χ4v) is 2.00. The average Bonchev–Trinajstić information content (AvgIpc) is 2.62. The quantitative estimate of drug-likeness (QED) is 0.820. The summed E-state index contributed by atoms with van der Waals surface area (Å²) in [5.41, 5.74) is 0.493. The van der Waals surface area contributed by atoms with E-state index >= 15 is 0 Å². The molecule has 0 aliphatic carbocycles. The number of ether oxygens (including phenoxy) is 1. The molecule has 0 saturated heterocycles. The van der Waals surface area contributed by atoms with Crippen LogP contribution in [0.15, 0.2) is 16.7 Å². The molecule has 1 amide bonds. The van der Waals surface area contributed by atoms with Crippen LogP contribution in [0, 0.1) is 0 Å². The van der Waals surface area contributed by atoms with Crippen LogP contribution >= 0.6 is 15.9 Å². The normalized spacial score (nSPS) is 12.2. The molecule has 0 aromatic carbocycles. The summed E-state index contributed by atoms with van der Waals surface area (Å²) in [5, 5.41) is 11.3. The second-order valence-corrected chi connectivity index (χ2v) is 4.74. The highest BCUT2D eigenvalue weighted by Crippen LogP contribution is 2.13. The van der Waals surface area contributed by atoms with E-state index in [4.69, 9.17) is 9.84 Å². The number of carbonyl (C=O) groups excluding carboxylic acids is 1. The van der Waals surface area contributed by atoms with Crippen molar-refractivity contribution in [2.45, 2.75) is 12.5 Å². The molecule has 7 heteroatoms. The Morgan fingerprint density at radius 2 is 2.28 bits per heavy atom. The van der Waals surface area contributed by atoms with Crippen LogP contribution in [0.4, 0.5) is 0 Å². The smallest absolute Gasteiger partial charge is 0.306 e. The Hall–Kier alpha value is -1.34. The molecule has 1 rings (SSSR count). The lowest BCUT2D eigenvalue weighted by atomic mass is 10.2. The molecule has 0 saturated carbocycles. The van der Waals surface area contributed by atoms with Gasteiger partial charge in [0.2, 0.25) is 0 Å². The van der Waals surface area contributed by atoms with Crippen molar-refractivity contribution >= 4 is 27.8 Å². The maximum atomic E-state index is 11.8. The number of carbonyl (C=O) groups is 2. The van der Waals surface area contributed by atoms with Gasteiger partial charge in [-0.05, 0) is 22.0 Å². The number of rotatable bonds is 6. The predicted octanol–water partition coefficient (Wildman–Crippen LogP) is 1.01. The molecule has 1 unspecified atom stereocenters. The number of amides is 1. The third-order valence-corrected chi connectivity index (χ3v) is 2.86. The number of aliphatic carboxylic acids is 1. The first kappa shape index (κ1) is 14.7. The number of halogens is 1. The van der Waals surface area contributed by atoms with Crippen LogP contribution in [-0.2, 0) is 16.6 Å². The SMILES string of the molecule is COC(CNC(=O)c1cc(Br)cn1C)CC(=O)O. The minimum Gasteiger partial charge on any atom is -0.481 e. The molecule has 0 radical (unpaired) electrons. The minimum absolute atomic E-state index is 0.145. The average molecular weight is 319 g/mol. The van der Waals surface area contributed by atoms with E-state index < -0.39 is 12.1 Å². The Balaban J connectivity index is 2.55. The number of hydrogen-bond acceptors (Lipinski definition) is 3. The van der Waals surface area contributed by atoms with Crippen molar-refractivity contribution in [3.63, 3.8) is 0 Å². The highest BCUT2D eigenvalue weighted by atomic mass is 79.9. The second-order valence-electron chi connectivity index (χ2n) is 3.82. The van der Waals surface area contributed by atoms with Gasteiger partial charge in [0.05, 0.1) is 12.5 Å². The number of carboxylic acid groups (broad SMARTS) is 1. The summed E-state index contributed by atoms with van der Waals surface area (Å²) in [6, 6.07) is 1.69. The van der Waals surface area contributed by atoms with Gasteiger partial charge < -0.3 is 19.7 Å². The van der Waals surface area contributed by atoms with E-state index in [0.29, 0.717) is 5.69 Å². The summed E-state index contributed by atoms with van der Waals surface area (Å²) in [5.74, 6) is -1.23. The fourth-order valence-electron chi connectivity index (χ4n) is 1.48. The van der Waals surface area contributed by atoms with E-state index in [0.717, 1.165) is 4.47 Å². The van der Waals surface area contributed by atoms with Crippen LogP contribution in [0.5, 0.6) is 0 Å². The molecule has 0 bridgehead atoms. The number of hydrogen-bond donors (Lipinski definition) is 2. The molecule has 1 aromatic rings. The monoisotopic (exact) mass is 318 g/mol. The van der Waals surface area contributed by atoms with Crippen LogP contribution in [-0.4, -0.2) is 41.3 Å². The number of aromatic nitrogens is 1. The zero-order valence-electron chi connectivity index (χ0n) is 10.1. The summed E-state index contributed by atoms with van der Waals surface area (Å²) in [6.45, 7) is 0.157. The lowest BCUT2D eigenvalue weighted by Gasteiger charge is -2.14. The molecule has 1 atom stereocenters. The first-order chi connectivity index (χ1) is 8.43. The van der Waals surface area contributed by atoms with E-state index in [1.807, 2.05) is 0 Å². The summed E-state index contributed by atoms with van der Waals surface area (Å²) in [4.78, 5) is 22.4. The first-order valence-corrected chi connectivity index (χ1v) is 6.08. The largest absolute Gasteiger partial charge is 0.481 e. The molecule has 100 valence electrons. The molecule has 0 spiro atoms. The molecule has 0 aliphatic rings. The number of nitrogens with one attached hydrogen (secondary N) is 1. The highest BCUT2D eigenvalue weighted by molar-refractivity contribution is 9.10. The zero-order valence-corrected chi connectivity index (χ0v) is 11.7. The molecule has 0 aliphatic heterocycles. The van der Waals surface area contributed by atoms with Crippen molar-refractivity contribution in [2.75, 3.05) is 13.7 Å². The Bertz CT molecular complexity index is 444. The van der Waals surface area contributed by atoms with Crippen LogP contribution in [0.25, 0.3) is 0 Å². The van der Waals surface area contributed by atoms with Gasteiger partial charge >= 0.3 is 5.97 Å². The summed E-state index contributed by atoms with van der Waals surface area (Å²) >= 11 is 3.27. The number of nitrogens with zero attached hydrogens (tertiary/aromatic N) is 1. The van der Waals surface area contributed by atoms with E-state index in [9.17, 15) is 9.59 Å². The minimum atomic E-state index is -0.960. The Morgan fingerprint density at radius 3 is 2.72 bits per heavy atom. The Morgan fingerprint density at radius 1 is 1.61 bits per heavy atom. The molecule has 1 aromatic heterocycles. The molecule has 0 fully saturated rings. The van der Waals surface area contributed by atoms with Gasteiger partial charge in [-0.2, -0.15) is 0 Å². The zero-order chi connectivity index (χ0) is 13.7.